The van der Waals surface area contributed by atoms with Crippen molar-refractivity contribution < 1.29 is 8.83 Å². The van der Waals surface area contributed by atoms with E-state index in [0.717, 1.165) is 55.0 Å². The second-order valence-corrected chi connectivity index (χ2v) is 15.9. The lowest BCUT2D eigenvalue weighted by Crippen LogP contribution is -1.92. The zero-order chi connectivity index (χ0) is 37.6. The largest absolute Gasteiger partial charge is 0.456 e. The third-order valence-electron chi connectivity index (χ3n) is 13.0. The van der Waals surface area contributed by atoms with Crippen LogP contribution < -0.4 is 0 Å². The number of rotatable bonds is 3. The predicted octanol–water partition coefficient (Wildman–Crippen LogP) is 16.3. The van der Waals surface area contributed by atoms with Crippen molar-refractivity contribution >= 4 is 109 Å². The van der Waals surface area contributed by atoms with Crippen LogP contribution in [0.15, 0.2) is 191 Å². The van der Waals surface area contributed by atoms with Gasteiger partial charge in [-0.3, -0.25) is 0 Å². The van der Waals surface area contributed by atoms with E-state index in [4.69, 9.17) is 8.83 Å². The third-order valence-corrected chi connectivity index (χ3v) is 13.0. The van der Waals surface area contributed by atoms with E-state index in [9.17, 15) is 0 Å². The van der Waals surface area contributed by atoms with Crippen molar-refractivity contribution in [3.05, 3.63) is 182 Å². The van der Waals surface area contributed by atoms with E-state index in [-0.39, 0.29) is 0 Å². The number of furan rings is 2. The molecule has 0 aliphatic heterocycles. The predicted molar refractivity (Wildman–Crippen MR) is 245 cm³/mol. The Morgan fingerprint density at radius 2 is 0.655 bits per heavy atom. The summed E-state index contributed by atoms with van der Waals surface area (Å²) < 4.78 is 12.9. The Bertz CT molecular complexity index is 4030. The van der Waals surface area contributed by atoms with E-state index in [2.05, 4.69) is 164 Å². The minimum absolute atomic E-state index is 0.916. The molecule has 0 bridgehead atoms. The van der Waals surface area contributed by atoms with E-state index < -0.39 is 0 Å². The summed E-state index contributed by atoms with van der Waals surface area (Å²) in [5.74, 6) is 0. The number of benzene rings is 12. The van der Waals surface area contributed by atoms with E-state index in [1.165, 1.54) is 86.9 Å². The van der Waals surface area contributed by atoms with Crippen LogP contribution in [0.1, 0.15) is 0 Å². The van der Waals surface area contributed by atoms with Crippen molar-refractivity contribution in [3.63, 3.8) is 0 Å². The monoisotopic (exact) mass is 734 g/mol. The SMILES string of the molecule is c1ccc2c(c1)oc1cc(-c3ccc4ccc5c(-c6ccc7ccc8c(-c9cccc%10c9oc9ccccc9%10)ccc9ccc6c7c98)ccc6ccc3c4c65)ccc12. The van der Waals surface area contributed by atoms with E-state index >= 15 is 0 Å². The van der Waals surface area contributed by atoms with Crippen molar-refractivity contribution in [1.29, 1.82) is 0 Å². The van der Waals surface area contributed by atoms with E-state index in [1.54, 1.807) is 0 Å². The first-order valence-electron chi connectivity index (χ1n) is 20.0. The fourth-order valence-corrected chi connectivity index (χ4v) is 10.4. The van der Waals surface area contributed by atoms with Crippen molar-refractivity contribution in [1.82, 2.24) is 0 Å². The zero-order valence-corrected chi connectivity index (χ0v) is 31.1. The maximum Gasteiger partial charge on any atom is 0.143 e. The molecule has 0 N–H and O–H groups in total. The van der Waals surface area contributed by atoms with Crippen LogP contribution in [-0.2, 0) is 0 Å². The minimum Gasteiger partial charge on any atom is -0.456 e. The quantitative estimate of drug-likeness (QED) is 0.169. The molecule has 0 atom stereocenters. The summed E-state index contributed by atoms with van der Waals surface area (Å²) in [6.45, 7) is 0. The number of fused-ring (bicyclic) bond motifs is 6. The molecule has 0 unspecified atom stereocenters. The fraction of sp³-hybridized carbons (Fsp3) is 0. The Kier molecular flexibility index (Phi) is 5.79. The summed E-state index contributed by atoms with van der Waals surface area (Å²) in [4.78, 5) is 0. The first kappa shape index (κ1) is 30.5. The Morgan fingerprint density at radius 3 is 1.24 bits per heavy atom. The molecule has 0 amide bonds. The van der Waals surface area contributed by atoms with Crippen LogP contribution in [0.2, 0.25) is 0 Å². The number of hydrogen-bond donors (Lipinski definition) is 0. The van der Waals surface area contributed by atoms with Gasteiger partial charge < -0.3 is 8.83 Å². The average Bonchev–Trinajstić information content (AvgIpc) is 3.85. The molecule has 0 aliphatic carbocycles. The third kappa shape index (κ3) is 3.96. The molecular weight excluding hydrogens is 705 g/mol. The maximum atomic E-state index is 6.55. The molecule has 2 heteroatoms. The Labute approximate surface area is 331 Å². The van der Waals surface area contributed by atoms with Gasteiger partial charge in [-0.05, 0) is 117 Å². The molecule has 14 aromatic rings. The highest BCUT2D eigenvalue weighted by atomic mass is 16.3. The highest BCUT2D eigenvalue weighted by Gasteiger charge is 2.20. The van der Waals surface area contributed by atoms with Crippen LogP contribution in [0.4, 0.5) is 0 Å². The topological polar surface area (TPSA) is 26.3 Å². The molecule has 12 aromatic carbocycles. The highest BCUT2D eigenvalue weighted by Crippen LogP contribution is 2.48. The van der Waals surface area contributed by atoms with Crippen molar-refractivity contribution in [3.8, 4) is 33.4 Å². The fourth-order valence-electron chi connectivity index (χ4n) is 10.4. The van der Waals surface area contributed by atoms with Crippen LogP contribution in [0.3, 0.4) is 0 Å². The summed E-state index contributed by atoms with van der Waals surface area (Å²) in [5.41, 5.74) is 10.9. The smallest absolute Gasteiger partial charge is 0.143 e. The molecule has 0 aliphatic rings. The molecule has 266 valence electrons. The van der Waals surface area contributed by atoms with Gasteiger partial charge in [-0.2, -0.15) is 0 Å². The second kappa shape index (κ2) is 11.0. The van der Waals surface area contributed by atoms with E-state index in [1.807, 2.05) is 18.2 Å². The van der Waals surface area contributed by atoms with Gasteiger partial charge in [0.2, 0.25) is 0 Å². The van der Waals surface area contributed by atoms with Gasteiger partial charge in [-0.25, -0.2) is 0 Å². The first-order valence-corrected chi connectivity index (χ1v) is 20.0. The minimum atomic E-state index is 0.916. The lowest BCUT2D eigenvalue weighted by molar-refractivity contribution is 0.669. The molecule has 58 heavy (non-hydrogen) atoms. The molecule has 0 spiro atoms. The number of hydrogen-bond acceptors (Lipinski definition) is 2. The van der Waals surface area contributed by atoms with Gasteiger partial charge >= 0.3 is 0 Å². The van der Waals surface area contributed by atoms with Gasteiger partial charge in [0.15, 0.2) is 0 Å². The molecule has 14 rings (SSSR count). The second-order valence-electron chi connectivity index (χ2n) is 15.9. The lowest BCUT2D eigenvalue weighted by atomic mass is 9.84. The molecule has 0 saturated carbocycles. The van der Waals surface area contributed by atoms with E-state index in [0.29, 0.717) is 0 Å². The zero-order valence-electron chi connectivity index (χ0n) is 31.1. The molecule has 2 heterocycles. The standard InChI is InChI=1S/C56H30O2/c1-3-10-49-40(6-1)42-25-20-35(30-51(42)57-49)36-21-12-31-17-27-44-37(22-13-32-16-26-43(36)52(31)53(32)44)38-23-14-33-19-29-46-39(24-15-34-18-28-45(38)54(33)55(34)46)47-8-5-9-48-41-7-2-4-11-50(41)58-56(47)48/h1-30H. The van der Waals surface area contributed by atoms with Gasteiger partial charge in [-0.1, -0.05) is 158 Å². The van der Waals surface area contributed by atoms with Crippen molar-refractivity contribution in [2.45, 2.75) is 0 Å². The Balaban J connectivity index is 0.988. The molecule has 2 nitrogen and oxygen atoms in total. The highest BCUT2D eigenvalue weighted by molar-refractivity contribution is 6.31. The normalized spacial score (nSPS) is 12.5. The van der Waals surface area contributed by atoms with Crippen LogP contribution >= 0.6 is 0 Å². The first-order chi connectivity index (χ1) is 28.7. The summed E-state index contributed by atoms with van der Waals surface area (Å²) in [6, 6.07) is 66.7. The van der Waals surface area contributed by atoms with Crippen LogP contribution in [0, 0.1) is 0 Å². The van der Waals surface area contributed by atoms with Crippen LogP contribution in [0.25, 0.3) is 142 Å². The Morgan fingerprint density at radius 1 is 0.241 bits per heavy atom. The van der Waals surface area contributed by atoms with Gasteiger partial charge in [0.05, 0.1) is 0 Å². The average molecular weight is 735 g/mol. The summed E-state index contributed by atoms with van der Waals surface area (Å²) >= 11 is 0. The lowest BCUT2D eigenvalue weighted by Gasteiger charge is -2.19. The van der Waals surface area contributed by atoms with Crippen molar-refractivity contribution in [2.24, 2.45) is 0 Å². The number of para-hydroxylation sites is 3. The van der Waals surface area contributed by atoms with Crippen LogP contribution in [-0.4, -0.2) is 0 Å². The molecule has 0 fully saturated rings. The molecule has 0 saturated heterocycles. The molecule has 2 aromatic heterocycles. The molecule has 0 radical (unpaired) electrons. The molecular formula is C56H30O2. The summed E-state index contributed by atoms with van der Waals surface area (Å²) in [6.07, 6.45) is 0. The van der Waals surface area contributed by atoms with Crippen molar-refractivity contribution in [2.75, 3.05) is 0 Å². The summed E-state index contributed by atoms with van der Waals surface area (Å²) in [7, 11) is 0. The van der Waals surface area contributed by atoms with Gasteiger partial charge in [0.1, 0.15) is 22.3 Å². The maximum absolute atomic E-state index is 6.55. The van der Waals surface area contributed by atoms with Gasteiger partial charge in [0, 0.05) is 27.1 Å². The van der Waals surface area contributed by atoms with Gasteiger partial charge in [-0.15, -0.1) is 0 Å². The van der Waals surface area contributed by atoms with Gasteiger partial charge in [0.25, 0.3) is 0 Å². The summed E-state index contributed by atoms with van der Waals surface area (Å²) in [5, 5.41) is 19.9. The van der Waals surface area contributed by atoms with Crippen LogP contribution in [0.5, 0.6) is 0 Å². The Hall–Kier alpha value is -7.68.